The van der Waals surface area contributed by atoms with Crippen LogP contribution >= 0.6 is 0 Å². The summed E-state index contributed by atoms with van der Waals surface area (Å²) in [5.74, 6) is 3.30. The molecule has 0 saturated heterocycles. The highest BCUT2D eigenvalue weighted by molar-refractivity contribution is 5.76. The van der Waals surface area contributed by atoms with Crippen LogP contribution in [0, 0.1) is 5.92 Å². The number of benzene rings is 3. The zero-order valence-electron chi connectivity index (χ0n) is 18.3. The van der Waals surface area contributed by atoms with Gasteiger partial charge in [0.2, 0.25) is 0 Å². The maximum absolute atomic E-state index is 6.43. The third kappa shape index (κ3) is 4.24. The van der Waals surface area contributed by atoms with Crippen molar-refractivity contribution in [2.75, 3.05) is 7.11 Å². The SMILES string of the molecule is COc1cccc(C2C=CCCC2Cc2nc(-c3ccccc3)c(-c3ccccc3)o2)c1. The van der Waals surface area contributed by atoms with Gasteiger partial charge < -0.3 is 9.15 Å². The Morgan fingerprint density at radius 2 is 1.66 bits per heavy atom. The predicted octanol–water partition coefficient (Wildman–Crippen LogP) is 7.31. The summed E-state index contributed by atoms with van der Waals surface area (Å²) in [6.07, 6.45) is 7.63. The van der Waals surface area contributed by atoms with Gasteiger partial charge in [0.05, 0.1) is 7.11 Å². The molecule has 1 aromatic heterocycles. The molecule has 1 heterocycles. The van der Waals surface area contributed by atoms with Crippen LogP contribution in [0.15, 0.2) is 101 Å². The molecular formula is C29H27NO2. The molecule has 0 bridgehead atoms. The largest absolute Gasteiger partial charge is 0.497 e. The van der Waals surface area contributed by atoms with Crippen LogP contribution in [-0.2, 0) is 6.42 Å². The topological polar surface area (TPSA) is 35.3 Å². The minimum atomic E-state index is 0.325. The van der Waals surface area contributed by atoms with Gasteiger partial charge in [-0.1, -0.05) is 84.9 Å². The number of oxazole rings is 1. The number of hydrogen-bond donors (Lipinski definition) is 0. The lowest BCUT2D eigenvalue weighted by Crippen LogP contribution is -2.17. The lowest BCUT2D eigenvalue weighted by atomic mass is 9.78. The minimum Gasteiger partial charge on any atom is -0.497 e. The fourth-order valence-electron chi connectivity index (χ4n) is 4.60. The molecule has 1 aliphatic carbocycles. The van der Waals surface area contributed by atoms with Crippen molar-refractivity contribution >= 4 is 0 Å². The Hall–Kier alpha value is -3.59. The summed E-state index contributed by atoms with van der Waals surface area (Å²) < 4.78 is 11.9. The summed E-state index contributed by atoms with van der Waals surface area (Å²) >= 11 is 0. The Morgan fingerprint density at radius 1 is 0.906 bits per heavy atom. The van der Waals surface area contributed by atoms with E-state index in [1.165, 1.54) is 5.56 Å². The summed E-state index contributed by atoms with van der Waals surface area (Å²) in [7, 11) is 1.72. The van der Waals surface area contributed by atoms with Crippen LogP contribution < -0.4 is 4.74 Å². The smallest absolute Gasteiger partial charge is 0.195 e. The van der Waals surface area contributed by atoms with Crippen LogP contribution in [0.2, 0.25) is 0 Å². The molecule has 0 spiro atoms. The van der Waals surface area contributed by atoms with Crippen molar-refractivity contribution in [3.05, 3.63) is 109 Å². The van der Waals surface area contributed by atoms with Gasteiger partial charge in [-0.3, -0.25) is 0 Å². The first-order chi connectivity index (χ1) is 15.8. The molecule has 0 fully saturated rings. The molecule has 2 atom stereocenters. The molecule has 5 rings (SSSR count). The highest BCUT2D eigenvalue weighted by atomic mass is 16.5. The fourth-order valence-corrected chi connectivity index (χ4v) is 4.60. The van der Waals surface area contributed by atoms with Crippen LogP contribution in [0.5, 0.6) is 5.75 Å². The van der Waals surface area contributed by atoms with Crippen LogP contribution in [0.3, 0.4) is 0 Å². The van der Waals surface area contributed by atoms with E-state index in [9.17, 15) is 0 Å². The fraction of sp³-hybridized carbons (Fsp3) is 0.207. The predicted molar refractivity (Wildman–Crippen MR) is 129 cm³/mol. The highest BCUT2D eigenvalue weighted by Crippen LogP contribution is 2.39. The zero-order chi connectivity index (χ0) is 21.8. The zero-order valence-corrected chi connectivity index (χ0v) is 18.3. The van der Waals surface area contributed by atoms with Gasteiger partial charge in [0.25, 0.3) is 0 Å². The first-order valence-electron chi connectivity index (χ1n) is 11.2. The Kier molecular flexibility index (Phi) is 5.89. The number of methoxy groups -OCH3 is 1. The van der Waals surface area contributed by atoms with Crippen molar-refractivity contribution in [2.45, 2.75) is 25.2 Å². The first kappa shape index (κ1) is 20.3. The van der Waals surface area contributed by atoms with Gasteiger partial charge in [-0.25, -0.2) is 4.98 Å². The molecule has 4 aromatic rings. The number of rotatable bonds is 6. The van der Waals surface area contributed by atoms with E-state index in [0.717, 1.165) is 53.5 Å². The van der Waals surface area contributed by atoms with Crippen molar-refractivity contribution in [3.8, 4) is 28.3 Å². The molecular weight excluding hydrogens is 394 g/mol. The molecule has 0 amide bonds. The second-order valence-corrected chi connectivity index (χ2v) is 8.29. The van der Waals surface area contributed by atoms with Crippen LogP contribution in [0.4, 0.5) is 0 Å². The Morgan fingerprint density at radius 3 is 2.41 bits per heavy atom. The van der Waals surface area contributed by atoms with Crippen LogP contribution in [0.25, 0.3) is 22.6 Å². The van der Waals surface area contributed by atoms with Gasteiger partial charge in [0.1, 0.15) is 11.4 Å². The van der Waals surface area contributed by atoms with Gasteiger partial charge in [-0.05, 0) is 36.5 Å². The van der Waals surface area contributed by atoms with Crippen LogP contribution in [-0.4, -0.2) is 12.1 Å². The number of aromatic nitrogens is 1. The molecule has 0 radical (unpaired) electrons. The maximum Gasteiger partial charge on any atom is 0.195 e. The molecule has 0 aliphatic heterocycles. The lowest BCUT2D eigenvalue weighted by Gasteiger charge is -2.27. The van der Waals surface area contributed by atoms with E-state index in [2.05, 4.69) is 54.6 Å². The average molecular weight is 422 g/mol. The summed E-state index contributed by atoms with van der Waals surface area (Å²) in [5.41, 5.74) is 4.33. The first-order valence-corrected chi connectivity index (χ1v) is 11.2. The Balaban J connectivity index is 1.49. The normalized spacial score (nSPS) is 17.9. The third-order valence-electron chi connectivity index (χ3n) is 6.23. The van der Waals surface area contributed by atoms with E-state index >= 15 is 0 Å². The maximum atomic E-state index is 6.43. The summed E-state index contributed by atoms with van der Waals surface area (Å²) in [6.45, 7) is 0. The van der Waals surface area contributed by atoms with Crippen molar-refractivity contribution in [1.82, 2.24) is 4.98 Å². The lowest BCUT2D eigenvalue weighted by molar-refractivity contribution is 0.375. The number of nitrogens with zero attached hydrogens (tertiary/aromatic N) is 1. The standard InChI is InChI=1S/C29H27NO2/c1-31-25-17-10-16-23(19-25)26-18-9-8-15-24(26)20-27-30-28(21-11-4-2-5-12-21)29(32-27)22-13-6-3-7-14-22/h2-7,9-14,16-19,24,26H,8,15,20H2,1H3. The van der Waals surface area contributed by atoms with E-state index < -0.39 is 0 Å². The van der Waals surface area contributed by atoms with Crippen molar-refractivity contribution in [2.24, 2.45) is 5.92 Å². The third-order valence-corrected chi connectivity index (χ3v) is 6.23. The van der Waals surface area contributed by atoms with E-state index in [1.54, 1.807) is 7.11 Å². The molecule has 0 saturated carbocycles. The van der Waals surface area contributed by atoms with Crippen LogP contribution in [0.1, 0.15) is 30.2 Å². The average Bonchev–Trinajstić information content (AvgIpc) is 3.29. The second-order valence-electron chi connectivity index (χ2n) is 8.29. The summed E-state index contributed by atoms with van der Waals surface area (Å²) in [5, 5.41) is 0. The Bertz CT molecular complexity index is 1140. The molecule has 160 valence electrons. The molecule has 3 heteroatoms. The molecule has 32 heavy (non-hydrogen) atoms. The highest BCUT2D eigenvalue weighted by Gasteiger charge is 2.27. The second kappa shape index (κ2) is 9.27. The van der Waals surface area contributed by atoms with E-state index in [-0.39, 0.29) is 0 Å². The van der Waals surface area contributed by atoms with Crippen molar-refractivity contribution < 1.29 is 9.15 Å². The minimum absolute atomic E-state index is 0.325. The number of ether oxygens (including phenoxy) is 1. The molecule has 1 aliphatic rings. The molecule has 3 aromatic carbocycles. The monoisotopic (exact) mass is 421 g/mol. The Labute approximate surface area is 189 Å². The van der Waals surface area contributed by atoms with Crippen molar-refractivity contribution in [1.29, 1.82) is 0 Å². The molecule has 2 unspecified atom stereocenters. The summed E-state index contributed by atoms with van der Waals surface area (Å²) in [6, 6.07) is 29.0. The van der Waals surface area contributed by atoms with Gasteiger partial charge in [0, 0.05) is 23.5 Å². The van der Waals surface area contributed by atoms with Gasteiger partial charge >= 0.3 is 0 Å². The van der Waals surface area contributed by atoms with Gasteiger partial charge in [0.15, 0.2) is 11.7 Å². The van der Waals surface area contributed by atoms with E-state index in [0.29, 0.717) is 11.8 Å². The van der Waals surface area contributed by atoms with Crippen molar-refractivity contribution in [3.63, 3.8) is 0 Å². The van der Waals surface area contributed by atoms with Gasteiger partial charge in [-0.2, -0.15) is 0 Å². The number of hydrogen-bond acceptors (Lipinski definition) is 3. The number of allylic oxidation sites excluding steroid dienone is 2. The van der Waals surface area contributed by atoms with Gasteiger partial charge in [-0.15, -0.1) is 0 Å². The van der Waals surface area contributed by atoms with E-state index in [1.807, 2.05) is 42.5 Å². The quantitative estimate of drug-likeness (QED) is 0.306. The molecule has 0 N–H and O–H groups in total. The van der Waals surface area contributed by atoms with E-state index in [4.69, 9.17) is 14.1 Å². The molecule has 3 nitrogen and oxygen atoms in total. The summed E-state index contributed by atoms with van der Waals surface area (Å²) in [4.78, 5) is 5.00.